The molecule has 2 fully saturated rings. The van der Waals surface area contributed by atoms with Crippen molar-refractivity contribution < 1.29 is 9.13 Å². The molecule has 1 aliphatic carbocycles. The highest BCUT2D eigenvalue weighted by Crippen LogP contribution is 2.39. The Morgan fingerprint density at radius 1 is 1.14 bits per heavy atom. The molecule has 5 rings (SSSR count). The van der Waals surface area contributed by atoms with Gasteiger partial charge in [0.2, 0.25) is 5.95 Å². The number of nitrogens with one attached hydrogen (secondary N) is 3. The molecular formula is C20H22FN7O. The molecule has 9 heteroatoms. The molecule has 1 saturated carbocycles. The summed E-state index contributed by atoms with van der Waals surface area (Å²) >= 11 is 0. The Labute approximate surface area is 167 Å². The number of hydrogen-bond acceptors (Lipinski definition) is 7. The molecule has 0 bridgehead atoms. The van der Waals surface area contributed by atoms with Crippen LogP contribution in [0.3, 0.4) is 0 Å². The molecule has 2 aromatic heterocycles. The molecule has 8 nitrogen and oxygen atoms in total. The van der Waals surface area contributed by atoms with E-state index in [1.54, 1.807) is 0 Å². The minimum Gasteiger partial charge on any atom is -0.378 e. The second-order valence-electron chi connectivity index (χ2n) is 7.27. The third-order valence-corrected chi connectivity index (χ3v) is 5.08. The average molecular weight is 395 g/mol. The van der Waals surface area contributed by atoms with Crippen molar-refractivity contribution in [1.82, 2.24) is 20.2 Å². The van der Waals surface area contributed by atoms with Crippen molar-refractivity contribution in [2.75, 3.05) is 41.8 Å². The minimum atomic E-state index is -0.534. The number of nitrogens with zero attached hydrogens (tertiary/aromatic N) is 4. The van der Waals surface area contributed by atoms with Crippen LogP contribution >= 0.6 is 0 Å². The van der Waals surface area contributed by atoms with Crippen LogP contribution in [0.25, 0.3) is 0 Å². The summed E-state index contributed by atoms with van der Waals surface area (Å²) in [6.45, 7) is 3.17. The predicted octanol–water partition coefficient (Wildman–Crippen LogP) is 3.54. The SMILES string of the molecule is Fc1cnc(Nc2cccc(N3CCOCC3)c2)nc1Nc1cc(C2CC2)[nH]n1. The number of aromatic nitrogens is 4. The van der Waals surface area contributed by atoms with E-state index in [-0.39, 0.29) is 5.82 Å². The second-order valence-corrected chi connectivity index (χ2v) is 7.27. The number of H-pyrrole nitrogens is 1. The fourth-order valence-corrected chi connectivity index (χ4v) is 3.37. The quantitative estimate of drug-likeness (QED) is 0.588. The number of halogens is 1. The van der Waals surface area contributed by atoms with E-state index in [0.717, 1.165) is 49.6 Å². The summed E-state index contributed by atoms with van der Waals surface area (Å²) in [5, 5.41) is 13.3. The van der Waals surface area contributed by atoms with Crippen molar-refractivity contribution in [3.8, 4) is 0 Å². The monoisotopic (exact) mass is 395 g/mol. The molecule has 150 valence electrons. The number of ether oxygens (including phenoxy) is 1. The summed E-state index contributed by atoms with van der Waals surface area (Å²) in [5.74, 6) is 0.953. The molecular weight excluding hydrogens is 373 g/mol. The van der Waals surface area contributed by atoms with Crippen LogP contribution in [0.15, 0.2) is 36.5 Å². The lowest BCUT2D eigenvalue weighted by molar-refractivity contribution is 0.122. The molecule has 1 aromatic carbocycles. The van der Waals surface area contributed by atoms with Crippen LogP contribution in [0.1, 0.15) is 24.5 Å². The molecule has 3 N–H and O–H groups in total. The van der Waals surface area contributed by atoms with Crippen molar-refractivity contribution >= 4 is 29.0 Å². The van der Waals surface area contributed by atoms with Gasteiger partial charge in [0.15, 0.2) is 17.5 Å². The Balaban J connectivity index is 1.31. The lowest BCUT2D eigenvalue weighted by Crippen LogP contribution is -2.36. The molecule has 0 atom stereocenters. The topological polar surface area (TPSA) is 91.0 Å². The lowest BCUT2D eigenvalue weighted by Gasteiger charge is -2.29. The highest BCUT2D eigenvalue weighted by atomic mass is 19.1. The smallest absolute Gasteiger partial charge is 0.229 e. The van der Waals surface area contributed by atoms with Gasteiger partial charge < -0.3 is 20.3 Å². The molecule has 1 aliphatic heterocycles. The van der Waals surface area contributed by atoms with E-state index in [1.165, 1.54) is 12.8 Å². The van der Waals surface area contributed by atoms with Gasteiger partial charge >= 0.3 is 0 Å². The number of morpholine rings is 1. The zero-order valence-corrected chi connectivity index (χ0v) is 15.9. The van der Waals surface area contributed by atoms with Crippen molar-refractivity contribution in [3.05, 3.63) is 48.0 Å². The standard InChI is InChI=1S/C20H22FN7O/c21-16-12-22-20(25-19(16)24-18-11-17(26-27-18)13-4-5-13)23-14-2-1-3-15(10-14)28-6-8-29-9-7-28/h1-3,10-13H,4-9H2,(H3,22,23,24,25,26,27). The fourth-order valence-electron chi connectivity index (χ4n) is 3.37. The van der Waals surface area contributed by atoms with Crippen molar-refractivity contribution in [3.63, 3.8) is 0 Å². The highest BCUT2D eigenvalue weighted by molar-refractivity contribution is 5.63. The largest absolute Gasteiger partial charge is 0.378 e. The highest BCUT2D eigenvalue weighted by Gasteiger charge is 2.25. The summed E-state index contributed by atoms with van der Waals surface area (Å²) < 4.78 is 19.6. The summed E-state index contributed by atoms with van der Waals surface area (Å²) in [6, 6.07) is 9.89. The Kier molecular flexibility index (Phi) is 4.73. The maximum Gasteiger partial charge on any atom is 0.229 e. The van der Waals surface area contributed by atoms with Gasteiger partial charge in [-0.2, -0.15) is 10.1 Å². The van der Waals surface area contributed by atoms with Gasteiger partial charge in [0, 0.05) is 42.1 Å². The summed E-state index contributed by atoms with van der Waals surface area (Å²) in [4.78, 5) is 10.6. The zero-order chi connectivity index (χ0) is 19.6. The Morgan fingerprint density at radius 3 is 2.83 bits per heavy atom. The number of anilines is 5. The molecule has 0 amide bonds. The van der Waals surface area contributed by atoms with Crippen molar-refractivity contribution in [2.45, 2.75) is 18.8 Å². The van der Waals surface area contributed by atoms with E-state index in [2.05, 4.69) is 41.8 Å². The van der Waals surface area contributed by atoms with Crippen LogP contribution in [0, 0.1) is 5.82 Å². The lowest BCUT2D eigenvalue weighted by atomic mass is 10.2. The van der Waals surface area contributed by atoms with Crippen molar-refractivity contribution in [1.29, 1.82) is 0 Å². The first-order valence-corrected chi connectivity index (χ1v) is 9.79. The minimum absolute atomic E-state index is 0.0840. The normalized spacial score (nSPS) is 16.7. The fraction of sp³-hybridized carbons (Fsp3) is 0.350. The third-order valence-electron chi connectivity index (χ3n) is 5.08. The first-order valence-electron chi connectivity index (χ1n) is 9.79. The Hall–Kier alpha value is -3.20. The van der Waals surface area contributed by atoms with Crippen LogP contribution in [0.5, 0.6) is 0 Å². The summed E-state index contributed by atoms with van der Waals surface area (Å²) in [6.07, 6.45) is 3.49. The van der Waals surface area contributed by atoms with Gasteiger partial charge in [0.1, 0.15) is 0 Å². The maximum atomic E-state index is 14.2. The van der Waals surface area contributed by atoms with Gasteiger partial charge in [-0.05, 0) is 31.0 Å². The predicted molar refractivity (Wildman–Crippen MR) is 109 cm³/mol. The maximum absolute atomic E-state index is 14.2. The molecule has 0 unspecified atom stereocenters. The van der Waals surface area contributed by atoms with Gasteiger partial charge in [-0.15, -0.1) is 0 Å². The third kappa shape index (κ3) is 4.14. The first-order chi connectivity index (χ1) is 14.2. The Bertz CT molecular complexity index is 998. The number of rotatable bonds is 6. The van der Waals surface area contributed by atoms with Crippen molar-refractivity contribution in [2.24, 2.45) is 0 Å². The van der Waals surface area contributed by atoms with E-state index in [9.17, 15) is 4.39 Å². The van der Waals surface area contributed by atoms with E-state index in [4.69, 9.17) is 4.74 Å². The number of benzene rings is 1. The van der Waals surface area contributed by atoms with Crippen LogP contribution in [-0.4, -0.2) is 46.5 Å². The molecule has 2 aliphatic rings. The van der Waals surface area contributed by atoms with E-state index < -0.39 is 5.82 Å². The van der Waals surface area contributed by atoms with Gasteiger partial charge in [-0.1, -0.05) is 6.07 Å². The van der Waals surface area contributed by atoms with Gasteiger partial charge in [-0.25, -0.2) is 9.37 Å². The molecule has 3 aromatic rings. The number of aromatic amines is 1. The molecule has 1 saturated heterocycles. The van der Waals surface area contributed by atoms with Crippen LogP contribution in [0.4, 0.5) is 33.3 Å². The second kappa shape index (κ2) is 7.67. The summed E-state index contributed by atoms with van der Waals surface area (Å²) in [7, 11) is 0. The van der Waals surface area contributed by atoms with Crippen LogP contribution < -0.4 is 15.5 Å². The van der Waals surface area contributed by atoms with Gasteiger partial charge in [-0.3, -0.25) is 5.10 Å². The first kappa shape index (κ1) is 17.9. The van der Waals surface area contributed by atoms with Crippen LogP contribution in [-0.2, 0) is 4.74 Å². The van der Waals surface area contributed by atoms with Crippen LogP contribution in [0.2, 0.25) is 0 Å². The molecule has 0 radical (unpaired) electrons. The average Bonchev–Trinajstić information content (AvgIpc) is 3.50. The molecule has 3 heterocycles. The van der Waals surface area contributed by atoms with E-state index in [0.29, 0.717) is 17.7 Å². The Morgan fingerprint density at radius 2 is 2.00 bits per heavy atom. The van der Waals surface area contributed by atoms with E-state index in [1.807, 2.05) is 24.3 Å². The molecule has 0 spiro atoms. The summed E-state index contributed by atoms with van der Waals surface area (Å²) in [5.41, 5.74) is 3.01. The molecule has 29 heavy (non-hydrogen) atoms. The van der Waals surface area contributed by atoms with E-state index >= 15 is 0 Å². The zero-order valence-electron chi connectivity index (χ0n) is 15.9. The number of hydrogen-bond donors (Lipinski definition) is 3. The van der Waals surface area contributed by atoms with Gasteiger partial charge in [0.25, 0.3) is 0 Å². The van der Waals surface area contributed by atoms with Gasteiger partial charge in [0.05, 0.1) is 19.4 Å².